The first-order chi connectivity index (χ1) is 8.28. The Morgan fingerprint density at radius 2 is 1.89 bits per heavy atom. The molecular formula is C15H25NO2. The highest BCUT2D eigenvalue weighted by atomic mass is 16.5. The average Bonchev–Trinajstić information content (AvgIpc) is 2.20. The van der Waals surface area contributed by atoms with Crippen molar-refractivity contribution >= 4 is 5.69 Å². The van der Waals surface area contributed by atoms with Gasteiger partial charge in [0.15, 0.2) is 0 Å². The lowest BCUT2D eigenvalue weighted by molar-refractivity contribution is 0.232. The van der Waals surface area contributed by atoms with E-state index >= 15 is 0 Å². The van der Waals surface area contributed by atoms with Crippen LogP contribution in [-0.2, 0) is 0 Å². The molecule has 1 aromatic carbocycles. The van der Waals surface area contributed by atoms with E-state index < -0.39 is 0 Å². The number of hydrogen-bond donors (Lipinski definition) is 1. The summed E-state index contributed by atoms with van der Waals surface area (Å²) < 4.78 is 11.4. The number of anilines is 1. The van der Waals surface area contributed by atoms with Crippen molar-refractivity contribution in [3.63, 3.8) is 0 Å². The number of hydrogen-bond acceptors (Lipinski definition) is 3. The fourth-order valence-corrected chi connectivity index (χ4v) is 1.44. The Morgan fingerprint density at radius 1 is 1.22 bits per heavy atom. The number of benzene rings is 1. The van der Waals surface area contributed by atoms with E-state index in [1.54, 1.807) is 0 Å². The highest BCUT2D eigenvalue weighted by Gasteiger charge is 2.10. The van der Waals surface area contributed by atoms with E-state index in [2.05, 4.69) is 20.8 Å². The standard InChI is InChI=1S/C15H25NO2/c1-11(2)18-14-10-12(6-7-13(14)16)17-9-8-15(3,4)5/h6-7,10-11H,8-9,16H2,1-5H3. The van der Waals surface area contributed by atoms with Crippen molar-refractivity contribution in [3.8, 4) is 11.5 Å². The van der Waals surface area contributed by atoms with Gasteiger partial charge in [-0.1, -0.05) is 20.8 Å². The van der Waals surface area contributed by atoms with Gasteiger partial charge in [0.2, 0.25) is 0 Å². The smallest absolute Gasteiger partial charge is 0.146 e. The first kappa shape index (κ1) is 14.7. The molecule has 0 aromatic heterocycles. The maximum absolute atomic E-state index is 5.86. The van der Waals surface area contributed by atoms with Crippen molar-refractivity contribution in [1.82, 2.24) is 0 Å². The second kappa shape index (κ2) is 5.98. The lowest BCUT2D eigenvalue weighted by Crippen LogP contribution is -2.11. The predicted molar refractivity (Wildman–Crippen MR) is 76.2 cm³/mol. The van der Waals surface area contributed by atoms with Crippen LogP contribution in [0.1, 0.15) is 41.0 Å². The summed E-state index contributed by atoms with van der Waals surface area (Å²) in [6.45, 7) is 11.3. The normalized spacial score (nSPS) is 11.7. The van der Waals surface area contributed by atoms with Crippen LogP contribution in [0.5, 0.6) is 11.5 Å². The van der Waals surface area contributed by atoms with Gasteiger partial charge in [0, 0.05) is 6.07 Å². The SMILES string of the molecule is CC(C)Oc1cc(OCCC(C)(C)C)ccc1N. The van der Waals surface area contributed by atoms with E-state index in [1.807, 2.05) is 32.0 Å². The quantitative estimate of drug-likeness (QED) is 0.808. The first-order valence-electron chi connectivity index (χ1n) is 6.47. The van der Waals surface area contributed by atoms with Crippen molar-refractivity contribution in [2.75, 3.05) is 12.3 Å². The van der Waals surface area contributed by atoms with Gasteiger partial charge in [-0.05, 0) is 37.8 Å². The summed E-state index contributed by atoms with van der Waals surface area (Å²) in [5, 5.41) is 0. The van der Waals surface area contributed by atoms with Gasteiger partial charge < -0.3 is 15.2 Å². The summed E-state index contributed by atoms with van der Waals surface area (Å²) in [4.78, 5) is 0. The Hall–Kier alpha value is -1.38. The molecule has 3 heteroatoms. The van der Waals surface area contributed by atoms with Crippen LogP contribution >= 0.6 is 0 Å². The minimum absolute atomic E-state index is 0.108. The third-order valence-corrected chi connectivity index (χ3v) is 2.47. The van der Waals surface area contributed by atoms with Crippen molar-refractivity contribution in [3.05, 3.63) is 18.2 Å². The summed E-state index contributed by atoms with van der Waals surface area (Å²) in [5.41, 5.74) is 6.78. The van der Waals surface area contributed by atoms with Crippen LogP contribution in [0.4, 0.5) is 5.69 Å². The minimum Gasteiger partial charge on any atom is -0.493 e. The molecule has 0 atom stereocenters. The molecular weight excluding hydrogens is 226 g/mol. The van der Waals surface area contributed by atoms with Crippen LogP contribution in [0.25, 0.3) is 0 Å². The third kappa shape index (κ3) is 5.30. The molecule has 1 aromatic rings. The fraction of sp³-hybridized carbons (Fsp3) is 0.600. The second-order valence-electron chi connectivity index (χ2n) is 6.03. The molecule has 2 N–H and O–H groups in total. The Kier molecular flexibility index (Phi) is 4.88. The van der Waals surface area contributed by atoms with Crippen LogP contribution < -0.4 is 15.2 Å². The molecule has 0 saturated heterocycles. The fourth-order valence-electron chi connectivity index (χ4n) is 1.44. The Bertz CT molecular complexity index is 381. The van der Waals surface area contributed by atoms with Gasteiger partial charge in [0.25, 0.3) is 0 Å². The van der Waals surface area contributed by atoms with Crippen LogP contribution in [0.2, 0.25) is 0 Å². The molecule has 1 rings (SSSR count). The molecule has 0 saturated carbocycles. The van der Waals surface area contributed by atoms with Gasteiger partial charge in [0.05, 0.1) is 18.4 Å². The van der Waals surface area contributed by atoms with Gasteiger partial charge >= 0.3 is 0 Å². The molecule has 102 valence electrons. The lowest BCUT2D eigenvalue weighted by atomic mass is 9.93. The monoisotopic (exact) mass is 251 g/mol. The average molecular weight is 251 g/mol. The number of nitrogens with two attached hydrogens (primary N) is 1. The van der Waals surface area contributed by atoms with Crippen LogP contribution in [0.3, 0.4) is 0 Å². The molecule has 0 unspecified atom stereocenters. The zero-order chi connectivity index (χ0) is 13.8. The van der Waals surface area contributed by atoms with Gasteiger partial charge in [-0.25, -0.2) is 0 Å². The molecule has 0 fully saturated rings. The molecule has 0 radical (unpaired) electrons. The molecule has 0 aliphatic heterocycles. The highest BCUT2D eigenvalue weighted by Crippen LogP contribution is 2.28. The molecule has 0 aliphatic rings. The molecule has 0 spiro atoms. The third-order valence-electron chi connectivity index (χ3n) is 2.47. The summed E-state index contributed by atoms with van der Waals surface area (Å²) in [7, 11) is 0. The zero-order valence-corrected chi connectivity index (χ0v) is 12.1. The second-order valence-corrected chi connectivity index (χ2v) is 6.03. The van der Waals surface area contributed by atoms with Crippen molar-refractivity contribution in [1.29, 1.82) is 0 Å². The highest BCUT2D eigenvalue weighted by molar-refractivity contribution is 5.55. The van der Waals surface area contributed by atoms with Gasteiger partial charge in [-0.2, -0.15) is 0 Å². The van der Waals surface area contributed by atoms with E-state index in [0.29, 0.717) is 18.0 Å². The number of ether oxygens (including phenoxy) is 2. The molecule has 0 bridgehead atoms. The van der Waals surface area contributed by atoms with Crippen LogP contribution in [0, 0.1) is 5.41 Å². The topological polar surface area (TPSA) is 44.5 Å². The largest absolute Gasteiger partial charge is 0.493 e. The zero-order valence-electron chi connectivity index (χ0n) is 12.1. The van der Waals surface area contributed by atoms with E-state index in [9.17, 15) is 0 Å². The molecule has 0 aliphatic carbocycles. The van der Waals surface area contributed by atoms with Crippen molar-refractivity contribution in [2.45, 2.75) is 47.1 Å². The van der Waals surface area contributed by atoms with E-state index in [1.165, 1.54) is 0 Å². The molecule has 3 nitrogen and oxygen atoms in total. The summed E-state index contributed by atoms with van der Waals surface area (Å²) in [6, 6.07) is 5.56. The Balaban J connectivity index is 2.61. The first-order valence-corrected chi connectivity index (χ1v) is 6.47. The number of nitrogen functional groups attached to an aromatic ring is 1. The number of rotatable bonds is 5. The van der Waals surface area contributed by atoms with Crippen LogP contribution in [0.15, 0.2) is 18.2 Å². The van der Waals surface area contributed by atoms with E-state index in [4.69, 9.17) is 15.2 Å². The lowest BCUT2D eigenvalue weighted by Gasteiger charge is -2.18. The van der Waals surface area contributed by atoms with Crippen LogP contribution in [-0.4, -0.2) is 12.7 Å². The maximum atomic E-state index is 5.86. The predicted octanol–water partition coefficient (Wildman–Crippen LogP) is 3.87. The van der Waals surface area contributed by atoms with Gasteiger partial charge in [-0.3, -0.25) is 0 Å². The molecule has 0 amide bonds. The van der Waals surface area contributed by atoms with Gasteiger partial charge in [0.1, 0.15) is 11.5 Å². The summed E-state index contributed by atoms with van der Waals surface area (Å²) >= 11 is 0. The van der Waals surface area contributed by atoms with Crippen molar-refractivity contribution in [2.24, 2.45) is 5.41 Å². The summed E-state index contributed by atoms with van der Waals surface area (Å²) in [6.07, 6.45) is 1.12. The molecule has 0 heterocycles. The maximum Gasteiger partial charge on any atom is 0.146 e. The molecule has 18 heavy (non-hydrogen) atoms. The Morgan fingerprint density at radius 3 is 2.44 bits per heavy atom. The van der Waals surface area contributed by atoms with Crippen molar-refractivity contribution < 1.29 is 9.47 Å². The van der Waals surface area contributed by atoms with E-state index in [-0.39, 0.29) is 11.5 Å². The minimum atomic E-state index is 0.108. The van der Waals surface area contributed by atoms with Gasteiger partial charge in [-0.15, -0.1) is 0 Å². The van der Waals surface area contributed by atoms with E-state index in [0.717, 1.165) is 12.2 Å². The summed E-state index contributed by atoms with van der Waals surface area (Å²) in [5.74, 6) is 1.50. The Labute approximate surface area is 110 Å².